The third-order valence-electron chi connectivity index (χ3n) is 5.27. The van der Waals surface area contributed by atoms with Gasteiger partial charge in [-0.1, -0.05) is 57.0 Å². The van der Waals surface area contributed by atoms with Crippen LogP contribution in [-0.4, -0.2) is 12.6 Å². The van der Waals surface area contributed by atoms with Crippen LogP contribution in [0.4, 0.5) is 0 Å². The van der Waals surface area contributed by atoms with Crippen molar-refractivity contribution >= 4 is 0 Å². The van der Waals surface area contributed by atoms with Gasteiger partial charge in [0.15, 0.2) is 0 Å². The average Bonchev–Trinajstić information content (AvgIpc) is 3.10. The summed E-state index contributed by atoms with van der Waals surface area (Å²) in [5.41, 5.74) is 2.17. The van der Waals surface area contributed by atoms with Crippen LogP contribution in [0.3, 0.4) is 0 Å². The molecule has 1 N–H and O–H groups in total. The highest BCUT2D eigenvalue weighted by atomic mass is 14.9. The van der Waals surface area contributed by atoms with Crippen LogP contribution in [0.2, 0.25) is 0 Å². The number of benzene rings is 1. The molecule has 2 unspecified atom stereocenters. The van der Waals surface area contributed by atoms with Crippen LogP contribution in [0.1, 0.15) is 57.4 Å². The van der Waals surface area contributed by atoms with Crippen molar-refractivity contribution in [2.45, 2.75) is 57.9 Å². The van der Waals surface area contributed by atoms with E-state index in [4.69, 9.17) is 0 Å². The van der Waals surface area contributed by atoms with Crippen molar-refractivity contribution in [3.8, 4) is 0 Å². The van der Waals surface area contributed by atoms with Crippen LogP contribution in [0.25, 0.3) is 0 Å². The van der Waals surface area contributed by atoms with Crippen molar-refractivity contribution in [2.75, 3.05) is 6.54 Å². The first-order valence-electron chi connectivity index (χ1n) is 8.00. The summed E-state index contributed by atoms with van der Waals surface area (Å²) in [5.74, 6) is 1.77. The van der Waals surface area contributed by atoms with E-state index in [-0.39, 0.29) is 0 Å². The third kappa shape index (κ3) is 2.72. The zero-order valence-electron chi connectivity index (χ0n) is 12.4. The summed E-state index contributed by atoms with van der Waals surface area (Å²) in [6.45, 7) is 5.77. The molecule has 1 aromatic carbocycles. The van der Waals surface area contributed by atoms with Gasteiger partial charge in [0.1, 0.15) is 0 Å². The van der Waals surface area contributed by atoms with E-state index in [1.54, 1.807) is 5.56 Å². The Kier molecular flexibility index (Phi) is 3.66. The number of rotatable bonds is 5. The van der Waals surface area contributed by atoms with Gasteiger partial charge in [-0.15, -0.1) is 0 Å². The molecular weight excluding hydrogens is 230 g/mol. The van der Waals surface area contributed by atoms with Gasteiger partial charge in [0.25, 0.3) is 0 Å². The van der Waals surface area contributed by atoms with Gasteiger partial charge in [0, 0.05) is 12.6 Å². The molecule has 1 aromatic rings. The molecule has 2 atom stereocenters. The Morgan fingerprint density at radius 1 is 1.16 bits per heavy atom. The fourth-order valence-electron chi connectivity index (χ4n) is 4.11. The molecule has 104 valence electrons. The smallest absolute Gasteiger partial charge is 0.00130 e. The zero-order valence-corrected chi connectivity index (χ0v) is 12.4. The first-order chi connectivity index (χ1) is 9.21. The monoisotopic (exact) mass is 257 g/mol. The fourth-order valence-corrected chi connectivity index (χ4v) is 4.11. The van der Waals surface area contributed by atoms with Crippen LogP contribution in [0.15, 0.2) is 30.3 Å². The fraction of sp³-hybridized carbons (Fsp3) is 0.667. The molecule has 3 rings (SSSR count). The molecule has 1 nitrogen and oxygen atoms in total. The maximum absolute atomic E-state index is 3.72. The van der Waals surface area contributed by atoms with Gasteiger partial charge in [-0.25, -0.2) is 0 Å². The van der Waals surface area contributed by atoms with Crippen molar-refractivity contribution in [2.24, 2.45) is 11.3 Å². The summed E-state index contributed by atoms with van der Waals surface area (Å²) in [7, 11) is 0. The van der Waals surface area contributed by atoms with Crippen molar-refractivity contribution in [3.05, 3.63) is 35.9 Å². The van der Waals surface area contributed by atoms with E-state index in [1.165, 1.54) is 38.6 Å². The number of hydrogen-bond donors (Lipinski definition) is 1. The van der Waals surface area contributed by atoms with Gasteiger partial charge >= 0.3 is 0 Å². The molecule has 0 aliphatic heterocycles. The SMILES string of the molecule is CC(C)NCC1(C2CC2c2ccccc2)CCCC1. The van der Waals surface area contributed by atoms with Gasteiger partial charge in [-0.2, -0.15) is 0 Å². The molecule has 0 spiro atoms. The summed E-state index contributed by atoms with van der Waals surface area (Å²) >= 11 is 0. The molecule has 0 heterocycles. The molecule has 2 aliphatic rings. The maximum atomic E-state index is 3.72. The van der Waals surface area contributed by atoms with Crippen LogP contribution in [0, 0.1) is 11.3 Å². The van der Waals surface area contributed by atoms with E-state index in [0.29, 0.717) is 11.5 Å². The topological polar surface area (TPSA) is 12.0 Å². The second-order valence-corrected chi connectivity index (χ2v) is 6.96. The average molecular weight is 257 g/mol. The molecule has 0 bridgehead atoms. The Bertz CT molecular complexity index is 403. The molecule has 0 saturated heterocycles. The van der Waals surface area contributed by atoms with Crippen molar-refractivity contribution < 1.29 is 0 Å². The molecule has 0 radical (unpaired) electrons. The second kappa shape index (κ2) is 5.28. The lowest BCUT2D eigenvalue weighted by Crippen LogP contribution is -2.37. The van der Waals surface area contributed by atoms with Crippen LogP contribution < -0.4 is 5.32 Å². The molecule has 1 heteroatoms. The second-order valence-electron chi connectivity index (χ2n) is 6.96. The Hall–Kier alpha value is -0.820. The predicted molar refractivity (Wildman–Crippen MR) is 81.3 cm³/mol. The standard InChI is InChI=1S/C18H27N/c1-14(2)19-13-18(10-6-7-11-18)17-12-16(17)15-8-4-3-5-9-15/h3-5,8-9,14,16-17,19H,6-7,10-13H2,1-2H3. The molecule has 2 aliphatic carbocycles. The predicted octanol–water partition coefficient (Wildman–Crippen LogP) is 4.35. The van der Waals surface area contributed by atoms with E-state index in [1.807, 2.05) is 0 Å². The normalized spacial score (nSPS) is 28.8. The first kappa shape index (κ1) is 13.2. The van der Waals surface area contributed by atoms with Crippen molar-refractivity contribution in [1.82, 2.24) is 5.32 Å². The summed E-state index contributed by atoms with van der Waals surface area (Å²) in [5, 5.41) is 3.72. The van der Waals surface area contributed by atoms with Crippen molar-refractivity contribution in [1.29, 1.82) is 0 Å². The molecule has 19 heavy (non-hydrogen) atoms. The minimum Gasteiger partial charge on any atom is -0.314 e. The Labute approximate surface area is 117 Å². The summed E-state index contributed by atoms with van der Waals surface area (Å²) < 4.78 is 0. The lowest BCUT2D eigenvalue weighted by atomic mass is 9.79. The van der Waals surface area contributed by atoms with Gasteiger partial charge in [0.2, 0.25) is 0 Å². The quantitative estimate of drug-likeness (QED) is 0.827. The Morgan fingerprint density at radius 2 is 1.84 bits per heavy atom. The first-order valence-corrected chi connectivity index (χ1v) is 8.00. The minimum absolute atomic E-state index is 0.602. The largest absolute Gasteiger partial charge is 0.314 e. The summed E-state index contributed by atoms with van der Waals surface area (Å²) in [4.78, 5) is 0. The van der Waals surface area contributed by atoms with E-state index >= 15 is 0 Å². The maximum Gasteiger partial charge on any atom is 0.00130 e. The molecule has 0 amide bonds. The highest BCUT2D eigenvalue weighted by Crippen LogP contribution is 2.62. The van der Waals surface area contributed by atoms with Gasteiger partial charge in [-0.3, -0.25) is 0 Å². The lowest BCUT2D eigenvalue weighted by Gasteiger charge is -2.31. The Balaban J connectivity index is 1.69. The molecule has 0 aromatic heterocycles. The highest BCUT2D eigenvalue weighted by molar-refractivity contribution is 5.27. The molecular formula is C18H27N. The zero-order chi connectivity index (χ0) is 13.3. The van der Waals surface area contributed by atoms with E-state index in [0.717, 1.165) is 11.8 Å². The summed E-state index contributed by atoms with van der Waals surface area (Å²) in [6.07, 6.45) is 7.20. The van der Waals surface area contributed by atoms with Crippen LogP contribution in [0.5, 0.6) is 0 Å². The summed E-state index contributed by atoms with van der Waals surface area (Å²) in [6, 6.07) is 11.8. The van der Waals surface area contributed by atoms with Gasteiger partial charge < -0.3 is 5.32 Å². The lowest BCUT2D eigenvalue weighted by molar-refractivity contribution is 0.224. The third-order valence-corrected chi connectivity index (χ3v) is 5.27. The van der Waals surface area contributed by atoms with Gasteiger partial charge in [0.05, 0.1) is 0 Å². The van der Waals surface area contributed by atoms with E-state index in [2.05, 4.69) is 49.5 Å². The van der Waals surface area contributed by atoms with E-state index < -0.39 is 0 Å². The minimum atomic E-state index is 0.602. The molecule has 2 saturated carbocycles. The number of nitrogens with one attached hydrogen (secondary N) is 1. The number of hydrogen-bond acceptors (Lipinski definition) is 1. The Morgan fingerprint density at radius 3 is 2.47 bits per heavy atom. The van der Waals surface area contributed by atoms with Crippen LogP contribution >= 0.6 is 0 Å². The van der Waals surface area contributed by atoms with E-state index in [9.17, 15) is 0 Å². The van der Waals surface area contributed by atoms with Crippen LogP contribution in [-0.2, 0) is 0 Å². The highest BCUT2D eigenvalue weighted by Gasteiger charge is 2.53. The van der Waals surface area contributed by atoms with Gasteiger partial charge in [-0.05, 0) is 42.1 Å². The molecule has 2 fully saturated rings. The van der Waals surface area contributed by atoms with Crippen molar-refractivity contribution in [3.63, 3.8) is 0 Å².